The Morgan fingerprint density at radius 3 is 2.79 bits per heavy atom. The lowest BCUT2D eigenvalue weighted by atomic mass is 10.2. The fraction of sp³-hybridized carbons (Fsp3) is 0.273. The summed E-state index contributed by atoms with van der Waals surface area (Å²) in [6.45, 7) is 0.760. The minimum atomic E-state index is 0.0107. The number of rotatable bonds is 5. The molecule has 0 radical (unpaired) electrons. The van der Waals surface area contributed by atoms with Gasteiger partial charge in [-0.15, -0.1) is 11.3 Å². The third-order valence-electron chi connectivity index (χ3n) is 4.96. The number of hydrogen-bond acceptors (Lipinski definition) is 5. The van der Waals surface area contributed by atoms with E-state index in [1.807, 2.05) is 47.4 Å². The van der Waals surface area contributed by atoms with Gasteiger partial charge in [-0.3, -0.25) is 4.79 Å². The van der Waals surface area contributed by atoms with Gasteiger partial charge in [0.15, 0.2) is 11.5 Å². The highest BCUT2D eigenvalue weighted by molar-refractivity contribution is 7.18. The molecule has 4 rings (SSSR count). The van der Waals surface area contributed by atoms with E-state index in [0.717, 1.165) is 40.2 Å². The van der Waals surface area contributed by atoms with Gasteiger partial charge in [0.1, 0.15) is 5.01 Å². The summed E-state index contributed by atoms with van der Waals surface area (Å²) in [6, 6.07) is 13.8. The van der Waals surface area contributed by atoms with Crippen LogP contribution in [-0.4, -0.2) is 36.6 Å². The van der Waals surface area contributed by atoms with Gasteiger partial charge in [-0.05, 0) is 48.7 Å². The van der Waals surface area contributed by atoms with Gasteiger partial charge in [-0.1, -0.05) is 18.2 Å². The predicted octanol–water partition coefficient (Wildman–Crippen LogP) is 4.69. The molecule has 3 aromatic rings. The van der Waals surface area contributed by atoms with E-state index < -0.39 is 0 Å². The van der Waals surface area contributed by atoms with E-state index in [4.69, 9.17) is 14.5 Å². The highest BCUT2D eigenvalue weighted by atomic mass is 32.1. The van der Waals surface area contributed by atoms with Gasteiger partial charge in [0.25, 0.3) is 0 Å². The molecular formula is C22H22N2O3S. The lowest BCUT2D eigenvalue weighted by molar-refractivity contribution is -0.126. The largest absolute Gasteiger partial charge is 0.493 e. The molecule has 1 amide bonds. The number of carbonyl (C=O) groups is 1. The molecule has 6 heteroatoms. The van der Waals surface area contributed by atoms with Crippen molar-refractivity contribution < 1.29 is 14.3 Å². The summed E-state index contributed by atoms with van der Waals surface area (Å²) in [7, 11) is 3.20. The minimum absolute atomic E-state index is 0.0107. The Labute approximate surface area is 168 Å². The second-order valence-corrected chi connectivity index (χ2v) is 7.72. The third-order valence-corrected chi connectivity index (χ3v) is 6.09. The van der Waals surface area contributed by atoms with Crippen molar-refractivity contribution in [3.63, 3.8) is 0 Å². The van der Waals surface area contributed by atoms with Gasteiger partial charge in [0.2, 0.25) is 5.91 Å². The Hall–Kier alpha value is -2.86. The van der Waals surface area contributed by atoms with Crippen LogP contribution in [0, 0.1) is 0 Å². The summed E-state index contributed by atoms with van der Waals surface area (Å²) in [5.41, 5.74) is 1.89. The summed E-state index contributed by atoms with van der Waals surface area (Å²) in [6.07, 6.45) is 5.40. The molecule has 1 saturated heterocycles. The second-order valence-electron chi connectivity index (χ2n) is 6.66. The lowest BCUT2D eigenvalue weighted by Gasteiger charge is -2.21. The van der Waals surface area contributed by atoms with Crippen LogP contribution >= 0.6 is 11.3 Å². The van der Waals surface area contributed by atoms with Crippen molar-refractivity contribution in [1.29, 1.82) is 0 Å². The number of amides is 1. The highest BCUT2D eigenvalue weighted by Gasteiger charge is 2.31. The molecule has 1 aliphatic heterocycles. The molecule has 28 heavy (non-hydrogen) atoms. The number of hydrogen-bond donors (Lipinski definition) is 0. The van der Waals surface area contributed by atoms with E-state index in [0.29, 0.717) is 11.5 Å². The number of carbonyl (C=O) groups excluding carboxylic acids is 1. The van der Waals surface area contributed by atoms with E-state index in [2.05, 4.69) is 6.07 Å². The zero-order valence-electron chi connectivity index (χ0n) is 15.9. The topological polar surface area (TPSA) is 51.7 Å². The van der Waals surface area contributed by atoms with Crippen molar-refractivity contribution in [2.75, 3.05) is 20.8 Å². The van der Waals surface area contributed by atoms with Gasteiger partial charge in [-0.2, -0.15) is 0 Å². The van der Waals surface area contributed by atoms with Gasteiger partial charge < -0.3 is 14.4 Å². The van der Waals surface area contributed by atoms with E-state index in [1.54, 1.807) is 31.6 Å². The van der Waals surface area contributed by atoms with Crippen molar-refractivity contribution in [3.8, 4) is 11.5 Å². The second kappa shape index (κ2) is 8.02. The van der Waals surface area contributed by atoms with Crippen LogP contribution in [0.3, 0.4) is 0 Å². The minimum Gasteiger partial charge on any atom is -0.493 e. The summed E-state index contributed by atoms with van der Waals surface area (Å²) < 4.78 is 11.7. The molecule has 1 fully saturated rings. The molecule has 0 saturated carbocycles. The van der Waals surface area contributed by atoms with Crippen LogP contribution in [0.2, 0.25) is 0 Å². The smallest absolute Gasteiger partial charge is 0.247 e. The molecule has 0 bridgehead atoms. The quantitative estimate of drug-likeness (QED) is 0.589. The number of nitrogens with zero attached hydrogens (tertiary/aromatic N) is 2. The number of thiazole rings is 1. The van der Waals surface area contributed by atoms with Crippen molar-refractivity contribution in [1.82, 2.24) is 9.88 Å². The van der Waals surface area contributed by atoms with E-state index in [1.165, 1.54) is 0 Å². The summed E-state index contributed by atoms with van der Waals surface area (Å²) in [5, 5.41) is 1.02. The Morgan fingerprint density at radius 1 is 1.18 bits per heavy atom. The molecule has 0 N–H and O–H groups in total. The Kier molecular flexibility index (Phi) is 5.30. The molecule has 1 atom stereocenters. The van der Waals surface area contributed by atoms with Crippen LogP contribution in [0.5, 0.6) is 11.5 Å². The normalized spacial score (nSPS) is 16.8. The monoisotopic (exact) mass is 394 g/mol. The van der Waals surface area contributed by atoms with E-state index >= 15 is 0 Å². The number of likely N-dealkylation sites (tertiary alicyclic amines) is 1. The van der Waals surface area contributed by atoms with Crippen LogP contribution < -0.4 is 9.47 Å². The molecule has 1 aliphatic rings. The van der Waals surface area contributed by atoms with Gasteiger partial charge in [0, 0.05) is 12.6 Å². The fourth-order valence-corrected chi connectivity index (χ4v) is 4.65. The zero-order chi connectivity index (χ0) is 19.5. The Bertz CT molecular complexity index is 995. The number of methoxy groups -OCH3 is 2. The molecule has 0 spiro atoms. The maximum atomic E-state index is 12.9. The summed E-state index contributed by atoms with van der Waals surface area (Å²) >= 11 is 1.68. The summed E-state index contributed by atoms with van der Waals surface area (Å²) in [5.74, 6) is 1.32. The number of ether oxygens (including phenoxy) is 2. The SMILES string of the molecule is COc1ccc(C=CC(=O)N2CCCC2c2nc3ccccc3s2)cc1OC. The molecular weight excluding hydrogens is 372 g/mol. The van der Waals surface area contributed by atoms with Crippen LogP contribution in [0.1, 0.15) is 29.5 Å². The molecule has 2 heterocycles. The maximum Gasteiger partial charge on any atom is 0.247 e. The van der Waals surface area contributed by atoms with Crippen LogP contribution in [-0.2, 0) is 4.79 Å². The van der Waals surface area contributed by atoms with Crippen LogP contribution in [0.25, 0.3) is 16.3 Å². The number of para-hydroxylation sites is 1. The molecule has 0 aliphatic carbocycles. The Morgan fingerprint density at radius 2 is 2.00 bits per heavy atom. The first-order chi connectivity index (χ1) is 13.7. The van der Waals surface area contributed by atoms with Crippen molar-refractivity contribution in [3.05, 3.63) is 59.1 Å². The lowest BCUT2D eigenvalue weighted by Crippen LogP contribution is -2.28. The summed E-state index contributed by atoms with van der Waals surface area (Å²) in [4.78, 5) is 19.5. The van der Waals surface area contributed by atoms with Gasteiger partial charge >= 0.3 is 0 Å². The third kappa shape index (κ3) is 3.60. The number of benzene rings is 2. The highest BCUT2D eigenvalue weighted by Crippen LogP contribution is 2.36. The average molecular weight is 394 g/mol. The Balaban J connectivity index is 1.53. The first-order valence-electron chi connectivity index (χ1n) is 9.26. The maximum absolute atomic E-state index is 12.9. The molecule has 2 aromatic carbocycles. The van der Waals surface area contributed by atoms with E-state index in [-0.39, 0.29) is 11.9 Å². The van der Waals surface area contributed by atoms with Crippen molar-refractivity contribution >= 4 is 33.5 Å². The molecule has 1 aromatic heterocycles. The molecule has 1 unspecified atom stereocenters. The average Bonchev–Trinajstić information content (AvgIpc) is 3.38. The fourth-order valence-electron chi connectivity index (χ4n) is 3.54. The zero-order valence-corrected chi connectivity index (χ0v) is 16.7. The molecule has 5 nitrogen and oxygen atoms in total. The first-order valence-corrected chi connectivity index (χ1v) is 10.1. The van der Waals surface area contributed by atoms with Crippen LogP contribution in [0.15, 0.2) is 48.5 Å². The van der Waals surface area contributed by atoms with Gasteiger partial charge in [-0.25, -0.2) is 4.98 Å². The molecule has 144 valence electrons. The number of fused-ring (bicyclic) bond motifs is 1. The standard InChI is InChI=1S/C22H22N2O3S/c1-26-18-11-9-15(14-19(18)27-2)10-12-21(25)24-13-5-7-17(24)22-23-16-6-3-4-8-20(16)28-22/h3-4,6,8-12,14,17H,5,7,13H2,1-2H3. The van der Waals surface area contributed by atoms with Crippen molar-refractivity contribution in [2.45, 2.75) is 18.9 Å². The predicted molar refractivity (Wildman–Crippen MR) is 112 cm³/mol. The van der Waals surface area contributed by atoms with Crippen LogP contribution in [0.4, 0.5) is 0 Å². The number of aromatic nitrogens is 1. The first kappa shape index (κ1) is 18.5. The van der Waals surface area contributed by atoms with E-state index in [9.17, 15) is 4.79 Å². The van der Waals surface area contributed by atoms with Gasteiger partial charge in [0.05, 0.1) is 30.5 Å². The van der Waals surface area contributed by atoms with Crippen molar-refractivity contribution in [2.24, 2.45) is 0 Å².